The van der Waals surface area contributed by atoms with Crippen molar-refractivity contribution in [3.05, 3.63) is 23.7 Å². The van der Waals surface area contributed by atoms with Crippen LogP contribution in [0, 0.1) is 12.8 Å². The maximum Gasteiger partial charge on any atom is 0.257 e. The molecule has 0 aromatic carbocycles. The fraction of sp³-hybridized carbons (Fsp3) is 0.706. The van der Waals surface area contributed by atoms with Crippen molar-refractivity contribution < 1.29 is 14.3 Å². The lowest BCUT2D eigenvalue weighted by atomic mass is 9.72. The molecule has 2 aliphatic rings. The largest absolute Gasteiger partial charge is 0.469 e. The Morgan fingerprint density at radius 2 is 2.19 bits per heavy atom. The lowest BCUT2D eigenvalue weighted by molar-refractivity contribution is -0.0577. The Kier molecular flexibility index (Phi) is 3.82. The summed E-state index contributed by atoms with van der Waals surface area (Å²) in [5.41, 5.74) is -0.00665. The second-order valence-corrected chi connectivity index (χ2v) is 6.86. The van der Waals surface area contributed by atoms with E-state index in [1.165, 1.54) is 0 Å². The molecular weight excluding hydrogens is 266 g/mol. The van der Waals surface area contributed by atoms with Gasteiger partial charge in [-0.1, -0.05) is 12.8 Å². The van der Waals surface area contributed by atoms with Crippen molar-refractivity contribution in [3.8, 4) is 0 Å². The number of amides is 1. The Morgan fingerprint density at radius 1 is 1.38 bits per heavy atom. The highest BCUT2D eigenvalue weighted by Gasteiger charge is 2.44. The van der Waals surface area contributed by atoms with Gasteiger partial charge in [0.2, 0.25) is 0 Å². The summed E-state index contributed by atoms with van der Waals surface area (Å²) in [7, 11) is 0. The zero-order chi connectivity index (χ0) is 15.0. The number of furan rings is 1. The summed E-state index contributed by atoms with van der Waals surface area (Å²) in [6.07, 6.45) is 7.69. The minimum atomic E-state index is -0.641. The van der Waals surface area contributed by atoms with E-state index < -0.39 is 5.60 Å². The highest BCUT2D eigenvalue weighted by atomic mass is 16.3. The first-order valence-corrected chi connectivity index (χ1v) is 8.07. The normalized spacial score (nSPS) is 33.4. The summed E-state index contributed by atoms with van der Waals surface area (Å²) in [5, 5.41) is 10.7. The van der Waals surface area contributed by atoms with Gasteiger partial charge in [0.25, 0.3) is 5.91 Å². The average Bonchev–Trinajstić information content (AvgIpc) is 3.06. The van der Waals surface area contributed by atoms with Gasteiger partial charge in [-0.25, -0.2) is 0 Å². The van der Waals surface area contributed by atoms with Gasteiger partial charge in [0, 0.05) is 18.5 Å². The number of hydrogen-bond acceptors (Lipinski definition) is 3. The first-order chi connectivity index (χ1) is 9.99. The van der Waals surface area contributed by atoms with Gasteiger partial charge in [0.1, 0.15) is 12.0 Å². The quantitative estimate of drug-likeness (QED) is 0.910. The van der Waals surface area contributed by atoms with Crippen molar-refractivity contribution in [3.63, 3.8) is 0 Å². The number of aryl methyl sites for hydroxylation is 1. The Labute approximate surface area is 126 Å². The van der Waals surface area contributed by atoms with E-state index in [1.807, 2.05) is 18.7 Å². The van der Waals surface area contributed by atoms with Crippen molar-refractivity contribution in [1.29, 1.82) is 0 Å². The highest BCUT2D eigenvalue weighted by Crippen LogP contribution is 2.41. The molecule has 116 valence electrons. The van der Waals surface area contributed by atoms with Crippen LogP contribution in [0.2, 0.25) is 0 Å². The van der Waals surface area contributed by atoms with E-state index in [4.69, 9.17) is 4.42 Å². The van der Waals surface area contributed by atoms with Crippen molar-refractivity contribution in [2.45, 2.75) is 64.0 Å². The molecule has 21 heavy (non-hydrogen) atoms. The fourth-order valence-electron chi connectivity index (χ4n) is 4.13. The van der Waals surface area contributed by atoms with Crippen LogP contribution in [0.1, 0.15) is 61.6 Å². The van der Waals surface area contributed by atoms with Crippen LogP contribution < -0.4 is 0 Å². The molecule has 1 aromatic heterocycles. The van der Waals surface area contributed by atoms with E-state index in [2.05, 4.69) is 0 Å². The molecule has 1 saturated heterocycles. The van der Waals surface area contributed by atoms with Gasteiger partial charge in [-0.3, -0.25) is 4.79 Å². The van der Waals surface area contributed by atoms with Gasteiger partial charge in [0.05, 0.1) is 11.2 Å². The number of carbonyl (C=O) groups excluding carboxylic acids is 1. The second kappa shape index (κ2) is 5.48. The summed E-state index contributed by atoms with van der Waals surface area (Å²) in [6, 6.07) is 1.97. The fourth-order valence-corrected chi connectivity index (χ4v) is 4.13. The monoisotopic (exact) mass is 291 g/mol. The van der Waals surface area contributed by atoms with Crippen LogP contribution in [-0.4, -0.2) is 34.1 Å². The number of carbonyl (C=O) groups is 1. The minimum absolute atomic E-state index is 0.0516. The molecule has 4 nitrogen and oxygen atoms in total. The molecule has 1 aromatic rings. The summed E-state index contributed by atoms with van der Waals surface area (Å²) in [6.45, 7) is 4.59. The predicted octanol–water partition coefficient (Wildman–Crippen LogP) is 3.13. The molecule has 3 rings (SSSR count). The molecule has 2 heterocycles. The molecule has 3 atom stereocenters. The Balaban J connectivity index is 1.80. The third-order valence-electron chi connectivity index (χ3n) is 5.25. The van der Waals surface area contributed by atoms with Gasteiger partial charge in [-0.2, -0.15) is 0 Å². The molecule has 1 aliphatic carbocycles. The summed E-state index contributed by atoms with van der Waals surface area (Å²) < 4.78 is 5.27. The van der Waals surface area contributed by atoms with Gasteiger partial charge < -0.3 is 14.4 Å². The van der Waals surface area contributed by atoms with E-state index in [9.17, 15) is 9.90 Å². The standard InChI is InChI=1S/C17H25NO3/c1-12-10-13(11-21-12)16(19)18-9-5-7-15(18)14-6-3-4-8-17(14,2)20/h10-11,14-15,20H,3-9H2,1-2H3/t14-,15+,17-/m0/s1. The van der Waals surface area contributed by atoms with E-state index in [0.717, 1.165) is 50.8 Å². The van der Waals surface area contributed by atoms with Gasteiger partial charge >= 0.3 is 0 Å². The van der Waals surface area contributed by atoms with E-state index in [0.29, 0.717) is 5.56 Å². The number of likely N-dealkylation sites (tertiary alicyclic amines) is 1. The maximum atomic E-state index is 12.7. The van der Waals surface area contributed by atoms with E-state index in [-0.39, 0.29) is 17.9 Å². The number of aliphatic hydroxyl groups is 1. The van der Waals surface area contributed by atoms with Gasteiger partial charge in [-0.05, 0) is 45.6 Å². The molecule has 0 bridgehead atoms. The zero-order valence-electron chi connectivity index (χ0n) is 13.0. The molecule has 0 unspecified atom stereocenters. The van der Waals surface area contributed by atoms with Crippen molar-refractivity contribution in [1.82, 2.24) is 4.90 Å². The first-order valence-electron chi connectivity index (χ1n) is 8.07. The molecule has 1 amide bonds. The SMILES string of the molecule is Cc1cc(C(=O)N2CCC[C@@H]2[C@@H]2CCCC[C@]2(C)O)co1. The van der Waals surface area contributed by atoms with Crippen LogP contribution in [0.25, 0.3) is 0 Å². The Hall–Kier alpha value is -1.29. The smallest absolute Gasteiger partial charge is 0.257 e. The van der Waals surface area contributed by atoms with Crippen LogP contribution in [0.15, 0.2) is 16.7 Å². The number of nitrogens with zero attached hydrogens (tertiary/aromatic N) is 1. The molecule has 1 N–H and O–H groups in total. The third kappa shape index (κ3) is 2.73. The maximum absolute atomic E-state index is 12.7. The minimum Gasteiger partial charge on any atom is -0.469 e. The molecule has 1 aliphatic heterocycles. The first kappa shape index (κ1) is 14.6. The molecule has 0 spiro atoms. The Morgan fingerprint density at radius 3 is 2.86 bits per heavy atom. The molecule has 0 radical (unpaired) electrons. The summed E-state index contributed by atoms with van der Waals surface area (Å²) >= 11 is 0. The average molecular weight is 291 g/mol. The predicted molar refractivity (Wildman–Crippen MR) is 80.1 cm³/mol. The zero-order valence-corrected chi connectivity index (χ0v) is 13.0. The van der Waals surface area contributed by atoms with Crippen LogP contribution in [0.4, 0.5) is 0 Å². The van der Waals surface area contributed by atoms with Crippen molar-refractivity contribution in [2.24, 2.45) is 5.92 Å². The van der Waals surface area contributed by atoms with E-state index >= 15 is 0 Å². The number of hydrogen-bond donors (Lipinski definition) is 1. The Bertz CT molecular complexity index is 520. The molecule has 2 fully saturated rings. The van der Waals surface area contributed by atoms with Crippen molar-refractivity contribution in [2.75, 3.05) is 6.54 Å². The second-order valence-electron chi connectivity index (χ2n) is 6.86. The lowest BCUT2D eigenvalue weighted by Crippen LogP contribution is -2.50. The highest BCUT2D eigenvalue weighted by molar-refractivity contribution is 5.94. The molecule has 4 heteroatoms. The summed E-state index contributed by atoms with van der Waals surface area (Å²) in [5.74, 6) is 1.01. The van der Waals surface area contributed by atoms with Crippen LogP contribution in [-0.2, 0) is 0 Å². The summed E-state index contributed by atoms with van der Waals surface area (Å²) in [4.78, 5) is 14.7. The van der Waals surface area contributed by atoms with Crippen molar-refractivity contribution >= 4 is 5.91 Å². The van der Waals surface area contributed by atoms with Crippen LogP contribution in [0.5, 0.6) is 0 Å². The molecule has 1 saturated carbocycles. The lowest BCUT2D eigenvalue weighted by Gasteiger charge is -2.43. The van der Waals surface area contributed by atoms with E-state index in [1.54, 1.807) is 12.3 Å². The third-order valence-corrected chi connectivity index (χ3v) is 5.25. The topological polar surface area (TPSA) is 53.7 Å². The van der Waals surface area contributed by atoms with Gasteiger partial charge in [-0.15, -0.1) is 0 Å². The van der Waals surface area contributed by atoms with Crippen LogP contribution >= 0.6 is 0 Å². The van der Waals surface area contributed by atoms with Crippen LogP contribution in [0.3, 0.4) is 0 Å². The molecular formula is C17H25NO3. The number of rotatable bonds is 2. The van der Waals surface area contributed by atoms with Gasteiger partial charge in [0.15, 0.2) is 0 Å².